The van der Waals surface area contributed by atoms with Gasteiger partial charge in [0.05, 0.1) is 6.10 Å². The Morgan fingerprint density at radius 2 is 1.85 bits per heavy atom. The average molecular weight is 358 g/mol. The van der Waals surface area contributed by atoms with Crippen LogP contribution in [0, 0.1) is 11.8 Å². The Morgan fingerprint density at radius 1 is 1.12 bits per heavy atom. The number of nitrogens with two attached hydrogens (primary N) is 1. The predicted molar refractivity (Wildman–Crippen MR) is 100 cm³/mol. The maximum atomic E-state index is 12.7. The molecule has 3 fully saturated rings. The van der Waals surface area contributed by atoms with Crippen LogP contribution in [-0.2, 0) is 4.74 Å². The van der Waals surface area contributed by atoms with Crippen LogP contribution in [0.15, 0.2) is 24.3 Å². The number of benzene rings is 1. The Labute approximate surface area is 155 Å². The molecule has 2 saturated carbocycles. The fourth-order valence-corrected chi connectivity index (χ4v) is 4.93. The molecule has 1 aromatic rings. The molecule has 1 saturated heterocycles. The van der Waals surface area contributed by atoms with Gasteiger partial charge in [0.15, 0.2) is 0 Å². The van der Waals surface area contributed by atoms with Crippen LogP contribution in [-0.4, -0.2) is 37.3 Å². The van der Waals surface area contributed by atoms with Crippen molar-refractivity contribution in [1.82, 2.24) is 5.32 Å². The third-order valence-electron chi connectivity index (χ3n) is 6.25. The topological polar surface area (TPSA) is 73.6 Å². The molecule has 0 aromatic heterocycles. The van der Waals surface area contributed by atoms with E-state index in [-0.39, 0.29) is 18.1 Å². The van der Waals surface area contributed by atoms with Gasteiger partial charge in [-0.15, -0.1) is 0 Å². The number of amides is 1. The van der Waals surface area contributed by atoms with Crippen LogP contribution in [0.3, 0.4) is 0 Å². The van der Waals surface area contributed by atoms with E-state index in [1.807, 2.05) is 24.3 Å². The van der Waals surface area contributed by atoms with Crippen LogP contribution in [0.5, 0.6) is 5.75 Å². The van der Waals surface area contributed by atoms with Gasteiger partial charge in [-0.3, -0.25) is 4.79 Å². The summed E-state index contributed by atoms with van der Waals surface area (Å²) in [6, 6.07) is 8.04. The number of hydrogen-bond acceptors (Lipinski definition) is 4. The Bertz CT molecular complexity index is 598. The van der Waals surface area contributed by atoms with Crippen molar-refractivity contribution < 1.29 is 14.3 Å². The maximum absolute atomic E-state index is 12.7. The van der Waals surface area contributed by atoms with Crippen molar-refractivity contribution in [3.8, 4) is 5.75 Å². The Hall–Kier alpha value is -1.59. The van der Waals surface area contributed by atoms with Gasteiger partial charge in [0.2, 0.25) is 0 Å². The van der Waals surface area contributed by atoms with E-state index in [2.05, 4.69) is 5.32 Å². The van der Waals surface area contributed by atoms with Crippen molar-refractivity contribution in [2.45, 2.75) is 63.1 Å². The van der Waals surface area contributed by atoms with Crippen LogP contribution in [0.2, 0.25) is 0 Å². The van der Waals surface area contributed by atoms with Gasteiger partial charge in [-0.25, -0.2) is 0 Å². The lowest BCUT2D eigenvalue weighted by Crippen LogP contribution is -2.53. The standard InChI is InChI=1S/C21H30N2O3/c22-17-11-15-3-1-4-16(12-17)20(15)23-21(24)14-6-8-18(9-7-14)26-13-19-5-2-10-25-19/h6-9,15-17,19-20H,1-5,10-13,22H2,(H,23,24). The molecule has 2 bridgehead atoms. The summed E-state index contributed by atoms with van der Waals surface area (Å²) in [4.78, 5) is 12.7. The highest BCUT2D eigenvalue weighted by atomic mass is 16.5. The Kier molecular flexibility index (Phi) is 5.46. The second-order valence-electron chi connectivity index (χ2n) is 8.15. The Morgan fingerprint density at radius 3 is 2.50 bits per heavy atom. The number of carbonyl (C=O) groups is 1. The first kappa shape index (κ1) is 17.8. The van der Waals surface area contributed by atoms with Crippen LogP contribution >= 0.6 is 0 Å². The van der Waals surface area contributed by atoms with Gasteiger partial charge in [0.1, 0.15) is 12.4 Å². The minimum Gasteiger partial charge on any atom is -0.491 e. The molecule has 3 N–H and O–H groups in total. The van der Waals surface area contributed by atoms with E-state index in [9.17, 15) is 4.79 Å². The smallest absolute Gasteiger partial charge is 0.251 e. The lowest BCUT2D eigenvalue weighted by Gasteiger charge is -2.45. The van der Waals surface area contributed by atoms with E-state index >= 15 is 0 Å². The van der Waals surface area contributed by atoms with Crippen molar-refractivity contribution in [2.24, 2.45) is 17.6 Å². The van der Waals surface area contributed by atoms with E-state index in [0.717, 1.165) is 38.0 Å². The third kappa shape index (κ3) is 4.04. The first-order valence-corrected chi connectivity index (χ1v) is 10.1. The molecule has 5 heteroatoms. The van der Waals surface area contributed by atoms with Gasteiger partial charge in [0.25, 0.3) is 5.91 Å². The summed E-state index contributed by atoms with van der Waals surface area (Å²) in [5, 5.41) is 3.30. The van der Waals surface area contributed by atoms with Gasteiger partial charge in [-0.2, -0.15) is 0 Å². The molecule has 1 aliphatic heterocycles. The van der Waals surface area contributed by atoms with E-state index in [1.165, 1.54) is 19.3 Å². The summed E-state index contributed by atoms with van der Waals surface area (Å²) in [6.07, 6.45) is 8.10. The Balaban J connectivity index is 1.33. The summed E-state index contributed by atoms with van der Waals surface area (Å²) in [6.45, 7) is 1.42. The molecule has 3 atom stereocenters. The molecular weight excluding hydrogens is 328 g/mol. The maximum Gasteiger partial charge on any atom is 0.251 e. The monoisotopic (exact) mass is 358 g/mol. The molecule has 2 aliphatic carbocycles. The number of carbonyl (C=O) groups excluding carboxylic acids is 1. The molecule has 4 rings (SSSR count). The summed E-state index contributed by atoms with van der Waals surface area (Å²) in [5.41, 5.74) is 6.88. The highest BCUT2D eigenvalue weighted by Gasteiger charge is 2.39. The molecule has 0 radical (unpaired) electrons. The fraction of sp³-hybridized carbons (Fsp3) is 0.667. The van der Waals surface area contributed by atoms with Gasteiger partial charge < -0.3 is 20.5 Å². The molecule has 1 amide bonds. The lowest BCUT2D eigenvalue weighted by atomic mass is 9.67. The van der Waals surface area contributed by atoms with Crippen LogP contribution < -0.4 is 15.8 Å². The molecular formula is C21H30N2O3. The minimum absolute atomic E-state index is 0.0213. The highest BCUT2D eigenvalue weighted by molar-refractivity contribution is 5.94. The summed E-state index contributed by atoms with van der Waals surface area (Å²) in [7, 11) is 0. The first-order valence-electron chi connectivity index (χ1n) is 10.1. The van der Waals surface area contributed by atoms with Crippen molar-refractivity contribution in [2.75, 3.05) is 13.2 Å². The molecule has 26 heavy (non-hydrogen) atoms. The first-order chi connectivity index (χ1) is 12.7. The number of hydrogen-bond donors (Lipinski definition) is 2. The number of fused-ring (bicyclic) bond motifs is 2. The molecule has 142 valence electrons. The van der Waals surface area contributed by atoms with Crippen molar-refractivity contribution in [3.05, 3.63) is 29.8 Å². The van der Waals surface area contributed by atoms with Gasteiger partial charge in [0, 0.05) is 24.3 Å². The normalized spacial score (nSPS) is 33.7. The number of rotatable bonds is 5. The minimum atomic E-state index is 0.0213. The molecule has 5 nitrogen and oxygen atoms in total. The SMILES string of the molecule is NC1CC2CCCC(C1)C2NC(=O)c1ccc(OCC2CCCO2)cc1. The highest BCUT2D eigenvalue weighted by Crippen LogP contribution is 2.39. The van der Waals surface area contributed by atoms with Gasteiger partial charge in [-0.1, -0.05) is 6.42 Å². The summed E-state index contributed by atoms with van der Waals surface area (Å²) >= 11 is 0. The second-order valence-corrected chi connectivity index (χ2v) is 8.15. The van der Waals surface area contributed by atoms with Crippen LogP contribution in [0.25, 0.3) is 0 Å². The predicted octanol–water partition coefficient (Wildman–Crippen LogP) is 2.88. The van der Waals surface area contributed by atoms with Crippen molar-refractivity contribution in [3.63, 3.8) is 0 Å². The number of ether oxygens (including phenoxy) is 2. The summed E-state index contributed by atoms with van der Waals surface area (Å²) < 4.78 is 11.3. The molecule has 1 aromatic carbocycles. The van der Waals surface area contributed by atoms with Crippen molar-refractivity contribution in [1.29, 1.82) is 0 Å². The van der Waals surface area contributed by atoms with Gasteiger partial charge >= 0.3 is 0 Å². The van der Waals surface area contributed by atoms with E-state index in [4.69, 9.17) is 15.2 Å². The van der Waals surface area contributed by atoms with Gasteiger partial charge in [-0.05, 0) is 74.6 Å². The zero-order valence-electron chi connectivity index (χ0n) is 15.4. The quantitative estimate of drug-likeness (QED) is 0.849. The van der Waals surface area contributed by atoms with E-state index < -0.39 is 0 Å². The van der Waals surface area contributed by atoms with E-state index in [1.54, 1.807) is 0 Å². The van der Waals surface area contributed by atoms with Crippen LogP contribution in [0.1, 0.15) is 55.3 Å². The lowest BCUT2D eigenvalue weighted by molar-refractivity contribution is 0.0679. The molecule has 3 aliphatic rings. The zero-order valence-corrected chi connectivity index (χ0v) is 15.4. The molecule has 1 heterocycles. The third-order valence-corrected chi connectivity index (χ3v) is 6.25. The van der Waals surface area contributed by atoms with Crippen LogP contribution in [0.4, 0.5) is 0 Å². The average Bonchev–Trinajstić information content (AvgIpc) is 3.15. The summed E-state index contributed by atoms with van der Waals surface area (Å²) in [5.74, 6) is 1.89. The molecule has 0 spiro atoms. The molecule has 3 unspecified atom stereocenters. The fourth-order valence-electron chi connectivity index (χ4n) is 4.93. The second kappa shape index (κ2) is 7.97. The van der Waals surface area contributed by atoms with Crippen molar-refractivity contribution >= 4 is 5.91 Å². The zero-order chi connectivity index (χ0) is 17.9. The van der Waals surface area contributed by atoms with E-state index in [0.29, 0.717) is 30.0 Å². The number of nitrogens with one attached hydrogen (secondary N) is 1. The largest absolute Gasteiger partial charge is 0.491 e.